The summed E-state index contributed by atoms with van der Waals surface area (Å²) in [4.78, 5) is 5.07. The second kappa shape index (κ2) is 5.44. The van der Waals surface area contributed by atoms with Crippen LogP contribution in [0.3, 0.4) is 0 Å². The first kappa shape index (κ1) is 16.8. The molecule has 0 radical (unpaired) electrons. The summed E-state index contributed by atoms with van der Waals surface area (Å²) in [7, 11) is 0. The molecule has 4 heteroatoms. The highest BCUT2D eigenvalue weighted by molar-refractivity contribution is 6.14. The van der Waals surface area contributed by atoms with Gasteiger partial charge in [-0.15, -0.1) is 10.2 Å². The Morgan fingerprint density at radius 2 is 1.65 bits per heavy atom. The van der Waals surface area contributed by atoms with Gasteiger partial charge < -0.3 is 0 Å². The molecule has 0 saturated heterocycles. The topological polar surface area (TPSA) is 38.1 Å². The van der Waals surface area contributed by atoms with E-state index >= 15 is 0 Å². The van der Waals surface area contributed by atoms with Gasteiger partial charge in [-0.3, -0.25) is 4.99 Å². The Labute approximate surface area is 153 Å². The second-order valence-corrected chi connectivity index (χ2v) is 8.05. The molecule has 0 unspecified atom stereocenters. The summed E-state index contributed by atoms with van der Waals surface area (Å²) in [5.74, 6) is -0.357. The van der Waals surface area contributed by atoms with Crippen molar-refractivity contribution in [3.8, 4) is 0 Å². The molecule has 3 nitrogen and oxygen atoms in total. The highest BCUT2D eigenvalue weighted by atomic mass is 19.1. The van der Waals surface area contributed by atoms with Crippen LogP contribution in [-0.4, -0.2) is 21.4 Å². The van der Waals surface area contributed by atoms with E-state index in [2.05, 4.69) is 56.9 Å². The molecule has 0 fully saturated rings. The maximum atomic E-state index is 13.9. The van der Waals surface area contributed by atoms with Crippen molar-refractivity contribution in [2.75, 3.05) is 0 Å². The van der Waals surface area contributed by atoms with Crippen LogP contribution in [0, 0.1) is 12.7 Å². The SMILES string of the molecule is Cc1cccc2c1C(C)(C)C(C)(C)N=C2c1cc2cccc(F)c2nn1. The van der Waals surface area contributed by atoms with Crippen molar-refractivity contribution in [2.45, 2.75) is 45.6 Å². The van der Waals surface area contributed by atoms with E-state index in [1.807, 2.05) is 18.2 Å². The molecule has 2 heterocycles. The van der Waals surface area contributed by atoms with Crippen molar-refractivity contribution >= 4 is 16.6 Å². The fourth-order valence-electron chi connectivity index (χ4n) is 3.83. The summed E-state index contributed by atoms with van der Waals surface area (Å²) in [6.45, 7) is 10.9. The lowest BCUT2D eigenvalue weighted by atomic mass is 9.64. The Hall–Kier alpha value is -2.62. The van der Waals surface area contributed by atoms with E-state index in [1.165, 1.54) is 17.2 Å². The standard InChI is InChI=1S/C22H22FN3/c1-13-8-6-10-15-18(13)21(2,3)22(4,5)24-20(15)17-12-14-9-7-11-16(23)19(14)26-25-17/h6-12H,1-5H3. The van der Waals surface area contributed by atoms with Crippen LogP contribution in [-0.2, 0) is 5.41 Å². The fourth-order valence-corrected chi connectivity index (χ4v) is 3.83. The Bertz CT molecular complexity index is 1060. The van der Waals surface area contributed by atoms with Crippen molar-refractivity contribution < 1.29 is 4.39 Å². The first-order valence-corrected chi connectivity index (χ1v) is 8.85. The van der Waals surface area contributed by atoms with Gasteiger partial charge in [-0.1, -0.05) is 44.2 Å². The first-order valence-electron chi connectivity index (χ1n) is 8.85. The lowest BCUT2D eigenvalue weighted by Crippen LogP contribution is -2.46. The van der Waals surface area contributed by atoms with Crippen LogP contribution in [0.5, 0.6) is 0 Å². The molecule has 0 atom stereocenters. The quantitative estimate of drug-likeness (QED) is 0.622. The van der Waals surface area contributed by atoms with Crippen LogP contribution in [0.2, 0.25) is 0 Å². The van der Waals surface area contributed by atoms with Crippen molar-refractivity contribution in [3.63, 3.8) is 0 Å². The Balaban J connectivity index is 2.00. The molecule has 0 saturated carbocycles. The molecular formula is C22H22FN3. The zero-order chi connectivity index (χ0) is 18.7. The van der Waals surface area contributed by atoms with Gasteiger partial charge in [0.05, 0.1) is 11.3 Å². The summed E-state index contributed by atoms with van der Waals surface area (Å²) in [5, 5.41) is 9.17. The third kappa shape index (κ3) is 2.28. The minimum Gasteiger partial charge on any atom is -0.275 e. The number of halogens is 1. The molecule has 1 aromatic heterocycles. The van der Waals surface area contributed by atoms with Gasteiger partial charge in [-0.05, 0) is 44.0 Å². The molecular weight excluding hydrogens is 325 g/mol. The van der Waals surface area contributed by atoms with Gasteiger partial charge in [-0.2, -0.15) is 0 Å². The molecule has 0 N–H and O–H groups in total. The second-order valence-electron chi connectivity index (χ2n) is 8.05. The number of fused-ring (bicyclic) bond motifs is 2. The molecule has 26 heavy (non-hydrogen) atoms. The minimum absolute atomic E-state index is 0.117. The largest absolute Gasteiger partial charge is 0.275 e. The number of aliphatic imine (C=N–C) groups is 1. The van der Waals surface area contributed by atoms with E-state index in [1.54, 1.807) is 6.07 Å². The van der Waals surface area contributed by atoms with E-state index in [0.717, 1.165) is 16.7 Å². The molecule has 4 rings (SSSR count). The number of rotatable bonds is 1. The number of aryl methyl sites for hydroxylation is 1. The summed E-state index contributed by atoms with van der Waals surface area (Å²) in [5.41, 5.74) is 4.98. The number of hydrogen-bond donors (Lipinski definition) is 0. The average molecular weight is 347 g/mol. The number of benzene rings is 2. The summed E-state index contributed by atoms with van der Waals surface area (Å²) in [6.07, 6.45) is 0. The van der Waals surface area contributed by atoms with Crippen molar-refractivity contribution in [2.24, 2.45) is 4.99 Å². The lowest BCUT2D eigenvalue weighted by molar-refractivity contribution is 0.302. The highest BCUT2D eigenvalue weighted by Gasteiger charge is 2.44. The maximum Gasteiger partial charge on any atom is 0.151 e. The average Bonchev–Trinajstić information content (AvgIpc) is 2.58. The van der Waals surface area contributed by atoms with Gasteiger partial charge >= 0.3 is 0 Å². The molecule has 0 bridgehead atoms. The third-order valence-electron chi connectivity index (χ3n) is 5.88. The maximum absolute atomic E-state index is 13.9. The lowest BCUT2D eigenvalue weighted by Gasteiger charge is -2.45. The van der Waals surface area contributed by atoms with Gasteiger partial charge in [0, 0.05) is 16.4 Å². The van der Waals surface area contributed by atoms with Crippen molar-refractivity contribution in [1.82, 2.24) is 10.2 Å². The van der Waals surface area contributed by atoms with Gasteiger partial charge in [-0.25, -0.2) is 4.39 Å². The van der Waals surface area contributed by atoms with E-state index in [9.17, 15) is 4.39 Å². The van der Waals surface area contributed by atoms with E-state index in [4.69, 9.17) is 4.99 Å². The molecule has 3 aromatic rings. The van der Waals surface area contributed by atoms with Gasteiger partial charge in [0.1, 0.15) is 11.2 Å². The van der Waals surface area contributed by atoms with Crippen LogP contribution < -0.4 is 0 Å². The molecule has 132 valence electrons. The normalized spacial score (nSPS) is 17.7. The summed E-state index contributed by atoms with van der Waals surface area (Å²) >= 11 is 0. The predicted octanol–water partition coefficient (Wildman–Crippen LogP) is 4.98. The Morgan fingerprint density at radius 3 is 2.42 bits per heavy atom. The van der Waals surface area contributed by atoms with E-state index in [0.29, 0.717) is 5.69 Å². The van der Waals surface area contributed by atoms with Crippen LogP contribution in [0.1, 0.15) is 50.1 Å². The Kier molecular flexibility index (Phi) is 3.52. The highest BCUT2D eigenvalue weighted by Crippen LogP contribution is 2.45. The first-order chi connectivity index (χ1) is 12.2. The van der Waals surface area contributed by atoms with E-state index in [-0.39, 0.29) is 22.3 Å². The minimum atomic E-state index is -0.357. The summed E-state index contributed by atoms with van der Waals surface area (Å²) < 4.78 is 13.9. The molecule has 1 aliphatic heterocycles. The van der Waals surface area contributed by atoms with Crippen molar-refractivity contribution in [3.05, 3.63) is 70.7 Å². The molecule has 2 aromatic carbocycles. The van der Waals surface area contributed by atoms with Crippen LogP contribution in [0.25, 0.3) is 10.9 Å². The van der Waals surface area contributed by atoms with Gasteiger partial charge in [0.25, 0.3) is 0 Å². The Morgan fingerprint density at radius 1 is 0.923 bits per heavy atom. The number of hydrogen-bond acceptors (Lipinski definition) is 3. The predicted molar refractivity (Wildman–Crippen MR) is 103 cm³/mol. The summed E-state index contributed by atoms with van der Waals surface area (Å²) in [6, 6.07) is 13.1. The molecule has 0 spiro atoms. The smallest absolute Gasteiger partial charge is 0.151 e. The van der Waals surface area contributed by atoms with Crippen LogP contribution in [0.4, 0.5) is 4.39 Å². The van der Waals surface area contributed by atoms with Crippen LogP contribution in [0.15, 0.2) is 47.5 Å². The zero-order valence-electron chi connectivity index (χ0n) is 15.8. The molecule has 1 aliphatic rings. The van der Waals surface area contributed by atoms with Gasteiger partial charge in [0.15, 0.2) is 5.82 Å². The van der Waals surface area contributed by atoms with Crippen LogP contribution >= 0.6 is 0 Å². The number of nitrogens with zero attached hydrogens (tertiary/aromatic N) is 3. The number of aromatic nitrogens is 2. The zero-order valence-corrected chi connectivity index (χ0v) is 15.8. The monoisotopic (exact) mass is 347 g/mol. The van der Waals surface area contributed by atoms with Crippen molar-refractivity contribution in [1.29, 1.82) is 0 Å². The third-order valence-corrected chi connectivity index (χ3v) is 5.88. The molecule has 0 amide bonds. The molecule has 0 aliphatic carbocycles. The fraction of sp³-hybridized carbons (Fsp3) is 0.318. The van der Waals surface area contributed by atoms with E-state index < -0.39 is 0 Å². The van der Waals surface area contributed by atoms with Gasteiger partial charge in [0.2, 0.25) is 0 Å².